The molecule has 0 radical (unpaired) electrons. The van der Waals surface area contributed by atoms with Gasteiger partial charge in [0, 0.05) is 18.7 Å². The van der Waals surface area contributed by atoms with Crippen molar-refractivity contribution in [3.63, 3.8) is 0 Å². The SMILES string of the molecule is CC(C)(C)OC(=O)NC(CCOCc1ccccc1)Cc1cc(F)c(F)cc1F. The van der Waals surface area contributed by atoms with Gasteiger partial charge in [0.05, 0.1) is 6.61 Å². The standard InChI is InChI=1S/C22H26F3NO3/c1-22(2,3)29-21(27)26-17(9-10-28-14-15-7-5-4-6-8-15)11-16-12-19(24)20(25)13-18(16)23/h4-8,12-13,17H,9-11,14H2,1-3H3,(H,26,27). The minimum atomic E-state index is -1.26. The molecule has 2 aromatic carbocycles. The molecule has 0 saturated heterocycles. The first kappa shape index (κ1) is 22.7. The molecule has 1 unspecified atom stereocenters. The fraction of sp³-hybridized carbons (Fsp3) is 0.409. The van der Waals surface area contributed by atoms with Crippen LogP contribution in [0.4, 0.5) is 18.0 Å². The first-order chi connectivity index (χ1) is 13.6. The smallest absolute Gasteiger partial charge is 0.407 e. The third-order valence-corrected chi connectivity index (χ3v) is 4.00. The van der Waals surface area contributed by atoms with Gasteiger partial charge in [-0.2, -0.15) is 0 Å². The zero-order valence-electron chi connectivity index (χ0n) is 16.8. The molecule has 2 aromatic rings. The van der Waals surface area contributed by atoms with E-state index in [2.05, 4.69) is 5.32 Å². The van der Waals surface area contributed by atoms with E-state index >= 15 is 0 Å². The monoisotopic (exact) mass is 409 g/mol. The molecule has 0 fully saturated rings. The van der Waals surface area contributed by atoms with Crippen molar-refractivity contribution in [3.05, 3.63) is 71.0 Å². The molecule has 0 bridgehead atoms. The number of rotatable bonds is 8. The molecule has 7 heteroatoms. The minimum absolute atomic E-state index is 0.0308. The summed E-state index contributed by atoms with van der Waals surface area (Å²) in [7, 11) is 0. The van der Waals surface area contributed by atoms with Crippen LogP contribution in [0.2, 0.25) is 0 Å². The molecular weight excluding hydrogens is 383 g/mol. The molecule has 1 N–H and O–H groups in total. The maximum Gasteiger partial charge on any atom is 0.407 e. The van der Waals surface area contributed by atoms with E-state index in [0.29, 0.717) is 19.1 Å². The summed E-state index contributed by atoms with van der Waals surface area (Å²) in [6, 6.07) is 10.3. The van der Waals surface area contributed by atoms with Crippen LogP contribution in [0.5, 0.6) is 0 Å². The highest BCUT2D eigenvalue weighted by atomic mass is 19.2. The Hall–Kier alpha value is -2.54. The highest BCUT2D eigenvalue weighted by molar-refractivity contribution is 5.68. The lowest BCUT2D eigenvalue weighted by Gasteiger charge is -2.24. The number of ether oxygens (including phenoxy) is 2. The highest BCUT2D eigenvalue weighted by Crippen LogP contribution is 2.17. The number of amides is 1. The number of halogens is 3. The number of benzene rings is 2. The topological polar surface area (TPSA) is 47.6 Å². The van der Waals surface area contributed by atoms with E-state index in [1.54, 1.807) is 20.8 Å². The van der Waals surface area contributed by atoms with Gasteiger partial charge >= 0.3 is 6.09 Å². The summed E-state index contributed by atoms with van der Waals surface area (Å²) in [5.41, 5.74) is 0.259. The number of hydrogen-bond donors (Lipinski definition) is 1. The van der Waals surface area contributed by atoms with Crippen LogP contribution in [-0.2, 0) is 22.5 Å². The Morgan fingerprint density at radius 3 is 2.34 bits per heavy atom. The molecule has 2 rings (SSSR count). The summed E-state index contributed by atoms with van der Waals surface area (Å²) in [5, 5.41) is 2.66. The fourth-order valence-corrected chi connectivity index (χ4v) is 2.67. The first-order valence-corrected chi connectivity index (χ1v) is 9.38. The minimum Gasteiger partial charge on any atom is -0.444 e. The van der Waals surface area contributed by atoms with Crippen LogP contribution in [0, 0.1) is 17.5 Å². The van der Waals surface area contributed by atoms with Crippen molar-refractivity contribution in [2.45, 2.75) is 51.9 Å². The van der Waals surface area contributed by atoms with Gasteiger partial charge in [-0.05, 0) is 50.8 Å². The molecule has 0 aliphatic heterocycles. The van der Waals surface area contributed by atoms with Gasteiger partial charge in [0.25, 0.3) is 0 Å². The van der Waals surface area contributed by atoms with E-state index in [1.807, 2.05) is 30.3 Å². The Morgan fingerprint density at radius 2 is 1.69 bits per heavy atom. The van der Waals surface area contributed by atoms with Crippen molar-refractivity contribution in [1.82, 2.24) is 5.32 Å². The highest BCUT2D eigenvalue weighted by Gasteiger charge is 2.21. The van der Waals surface area contributed by atoms with Gasteiger partial charge in [0.2, 0.25) is 0 Å². The third-order valence-electron chi connectivity index (χ3n) is 4.00. The average molecular weight is 409 g/mol. The second kappa shape index (κ2) is 10.3. The molecule has 1 amide bonds. The fourth-order valence-electron chi connectivity index (χ4n) is 2.67. The van der Waals surface area contributed by atoms with E-state index in [4.69, 9.17) is 9.47 Å². The summed E-state index contributed by atoms with van der Waals surface area (Å²) in [5.74, 6) is -3.27. The number of carbonyl (C=O) groups is 1. The summed E-state index contributed by atoms with van der Waals surface area (Å²) in [6.07, 6.45) is -0.366. The number of alkyl carbamates (subject to hydrolysis) is 1. The Balaban J connectivity index is 2.00. The van der Waals surface area contributed by atoms with Gasteiger partial charge in [0.1, 0.15) is 11.4 Å². The molecule has 0 saturated carbocycles. The quantitative estimate of drug-likeness (QED) is 0.485. The first-order valence-electron chi connectivity index (χ1n) is 9.38. The second-order valence-corrected chi connectivity index (χ2v) is 7.73. The van der Waals surface area contributed by atoms with Crippen LogP contribution >= 0.6 is 0 Å². The molecule has 0 aliphatic carbocycles. The molecule has 0 aromatic heterocycles. The van der Waals surface area contributed by atoms with Crippen molar-refractivity contribution in [2.75, 3.05) is 6.61 Å². The summed E-state index contributed by atoms with van der Waals surface area (Å²) in [6.45, 7) is 5.83. The predicted octanol–water partition coefficient (Wildman–Crippen LogP) is 5.15. The normalized spacial score (nSPS) is 12.5. The number of hydrogen-bond acceptors (Lipinski definition) is 3. The lowest BCUT2D eigenvalue weighted by molar-refractivity contribution is 0.0482. The lowest BCUT2D eigenvalue weighted by Crippen LogP contribution is -2.41. The van der Waals surface area contributed by atoms with E-state index in [0.717, 1.165) is 11.6 Å². The summed E-state index contributed by atoms with van der Waals surface area (Å²) >= 11 is 0. The van der Waals surface area contributed by atoms with Crippen LogP contribution in [0.15, 0.2) is 42.5 Å². The third kappa shape index (κ3) is 8.15. The van der Waals surface area contributed by atoms with E-state index in [9.17, 15) is 18.0 Å². The molecule has 0 heterocycles. The van der Waals surface area contributed by atoms with Crippen molar-refractivity contribution in [2.24, 2.45) is 0 Å². The largest absolute Gasteiger partial charge is 0.444 e. The van der Waals surface area contributed by atoms with Gasteiger partial charge in [-0.25, -0.2) is 18.0 Å². The Labute approximate surface area is 169 Å². The van der Waals surface area contributed by atoms with Crippen molar-refractivity contribution in [3.8, 4) is 0 Å². The zero-order valence-corrected chi connectivity index (χ0v) is 16.8. The van der Waals surface area contributed by atoms with E-state index < -0.39 is 35.2 Å². The van der Waals surface area contributed by atoms with Crippen LogP contribution in [0.3, 0.4) is 0 Å². The molecule has 1 atom stereocenters. The van der Waals surface area contributed by atoms with Gasteiger partial charge < -0.3 is 14.8 Å². The van der Waals surface area contributed by atoms with Gasteiger partial charge in [0.15, 0.2) is 11.6 Å². The molecule has 4 nitrogen and oxygen atoms in total. The molecule has 29 heavy (non-hydrogen) atoms. The van der Waals surface area contributed by atoms with Crippen molar-refractivity contribution in [1.29, 1.82) is 0 Å². The Bertz CT molecular complexity index is 807. The van der Waals surface area contributed by atoms with Gasteiger partial charge in [-0.1, -0.05) is 30.3 Å². The lowest BCUT2D eigenvalue weighted by atomic mass is 10.0. The van der Waals surface area contributed by atoms with E-state index in [1.165, 1.54) is 0 Å². The van der Waals surface area contributed by atoms with Crippen LogP contribution in [0.25, 0.3) is 0 Å². The maximum absolute atomic E-state index is 14.0. The van der Waals surface area contributed by atoms with Crippen LogP contribution < -0.4 is 5.32 Å². The van der Waals surface area contributed by atoms with Crippen LogP contribution in [-0.4, -0.2) is 24.3 Å². The number of carbonyl (C=O) groups excluding carboxylic acids is 1. The molecule has 0 aliphatic rings. The van der Waals surface area contributed by atoms with Crippen molar-refractivity contribution < 1.29 is 27.4 Å². The van der Waals surface area contributed by atoms with Gasteiger partial charge in [-0.3, -0.25) is 0 Å². The van der Waals surface area contributed by atoms with Crippen LogP contribution in [0.1, 0.15) is 38.3 Å². The number of nitrogens with one attached hydrogen (secondary N) is 1. The Kier molecular flexibility index (Phi) is 8.08. The molecule has 0 spiro atoms. The predicted molar refractivity (Wildman–Crippen MR) is 104 cm³/mol. The van der Waals surface area contributed by atoms with Gasteiger partial charge in [-0.15, -0.1) is 0 Å². The Morgan fingerprint density at radius 1 is 1.03 bits per heavy atom. The second-order valence-electron chi connectivity index (χ2n) is 7.73. The molecular formula is C22H26F3NO3. The summed E-state index contributed by atoms with van der Waals surface area (Å²) < 4.78 is 51.6. The average Bonchev–Trinajstić information content (AvgIpc) is 2.62. The summed E-state index contributed by atoms with van der Waals surface area (Å²) in [4.78, 5) is 12.1. The van der Waals surface area contributed by atoms with E-state index in [-0.39, 0.29) is 18.6 Å². The molecule has 158 valence electrons. The maximum atomic E-state index is 14.0. The zero-order chi connectivity index (χ0) is 21.4. The van der Waals surface area contributed by atoms with Crippen molar-refractivity contribution >= 4 is 6.09 Å².